The van der Waals surface area contributed by atoms with Crippen LogP contribution >= 0.6 is 0 Å². The number of ether oxygens (including phenoxy) is 1. The molecule has 2 heterocycles. The zero-order valence-electron chi connectivity index (χ0n) is 18.3. The molecule has 11 heteroatoms. The molecule has 3 N–H and O–H groups in total. The van der Waals surface area contributed by atoms with Crippen molar-refractivity contribution in [2.45, 2.75) is 52.1 Å². The maximum Gasteiger partial charge on any atom is 0.212 e. The third-order valence-electron chi connectivity index (χ3n) is 5.40. The van der Waals surface area contributed by atoms with E-state index < -0.39 is 31.6 Å². The topological polar surface area (TPSA) is 133 Å². The van der Waals surface area contributed by atoms with Crippen molar-refractivity contribution in [3.8, 4) is 0 Å². The number of hydrogen-bond donors (Lipinski definition) is 2. The normalized spacial score (nSPS) is 16.8. The molecule has 1 aliphatic heterocycles. The molecule has 1 aromatic carbocycles. The number of hydrogen-bond acceptors (Lipinski definition) is 6. The van der Waals surface area contributed by atoms with Crippen LogP contribution in [0, 0.1) is 5.92 Å². The lowest BCUT2D eigenvalue weighted by Gasteiger charge is -2.26. The molecule has 2 aromatic rings. The lowest BCUT2D eigenvalue weighted by Crippen LogP contribution is -2.31. The number of nitrogens with one attached hydrogen (secondary N) is 1. The van der Waals surface area contributed by atoms with Crippen molar-refractivity contribution in [2.75, 3.05) is 24.7 Å². The first kappa shape index (κ1) is 24.1. The van der Waals surface area contributed by atoms with Crippen LogP contribution in [0.15, 0.2) is 18.2 Å². The van der Waals surface area contributed by atoms with Crippen molar-refractivity contribution in [3.63, 3.8) is 0 Å². The Balaban J connectivity index is 1.82. The minimum absolute atomic E-state index is 0.0561. The molecule has 3 rings (SSSR count). The zero-order valence-corrected chi connectivity index (χ0v) is 19.9. The Morgan fingerprint density at radius 2 is 1.84 bits per heavy atom. The number of nitrogens with zero attached hydrogens (tertiary/aromatic N) is 2. The van der Waals surface area contributed by atoms with Crippen LogP contribution in [0.3, 0.4) is 0 Å². The molecule has 1 saturated heterocycles. The molecule has 1 aliphatic rings. The second-order valence-electron chi connectivity index (χ2n) is 9.18. The van der Waals surface area contributed by atoms with Crippen molar-refractivity contribution < 1.29 is 21.6 Å². The average Bonchev–Trinajstić information content (AvgIpc) is 3.04. The van der Waals surface area contributed by atoms with E-state index in [1.807, 2.05) is 18.2 Å². The van der Waals surface area contributed by atoms with E-state index >= 15 is 0 Å². The van der Waals surface area contributed by atoms with Crippen LogP contribution in [0.4, 0.5) is 0 Å². The van der Waals surface area contributed by atoms with Gasteiger partial charge in [0, 0.05) is 31.7 Å². The van der Waals surface area contributed by atoms with Crippen LogP contribution < -0.4 is 9.86 Å². The summed E-state index contributed by atoms with van der Waals surface area (Å²) in [6.45, 7) is 8.92. The summed E-state index contributed by atoms with van der Waals surface area (Å²) in [5, 5.41) is 4.89. The van der Waals surface area contributed by atoms with E-state index in [4.69, 9.17) is 14.9 Å². The first-order valence-corrected chi connectivity index (χ1v) is 13.8. The standard InChI is InChI=1S/C20H32N4O5S2/c1-20(2,3)19-23-17-12-16(13-22-31(27,28)11-10-30(21,25)26)4-5-18(17)24(19)14-15-6-8-29-9-7-15/h4-5,12,15,22H,6-11,13-14H2,1-3H3,(H2,21,25,26). The van der Waals surface area contributed by atoms with Crippen LogP contribution in [-0.4, -0.2) is 51.1 Å². The Morgan fingerprint density at radius 1 is 1.16 bits per heavy atom. The predicted octanol–water partition coefficient (Wildman–Crippen LogP) is 1.47. The van der Waals surface area contributed by atoms with Gasteiger partial charge < -0.3 is 9.30 Å². The average molecular weight is 473 g/mol. The number of fused-ring (bicyclic) bond motifs is 1. The second kappa shape index (κ2) is 9.14. The van der Waals surface area contributed by atoms with Gasteiger partial charge in [0.25, 0.3) is 0 Å². The van der Waals surface area contributed by atoms with Crippen molar-refractivity contribution >= 4 is 31.1 Å². The molecule has 1 fully saturated rings. The quantitative estimate of drug-likeness (QED) is 0.598. The molecule has 0 saturated carbocycles. The van der Waals surface area contributed by atoms with E-state index in [1.54, 1.807) is 0 Å². The third kappa shape index (κ3) is 6.72. The maximum absolute atomic E-state index is 12.1. The molecule has 9 nitrogen and oxygen atoms in total. The van der Waals surface area contributed by atoms with E-state index in [9.17, 15) is 16.8 Å². The number of benzene rings is 1. The Kier molecular flexibility index (Phi) is 7.11. The molecule has 0 bridgehead atoms. The van der Waals surface area contributed by atoms with E-state index in [2.05, 4.69) is 30.1 Å². The Morgan fingerprint density at radius 3 is 2.45 bits per heavy atom. The second-order valence-corrected chi connectivity index (χ2v) is 12.8. The molecule has 0 atom stereocenters. The number of imidazole rings is 1. The van der Waals surface area contributed by atoms with E-state index in [0.29, 0.717) is 5.92 Å². The first-order chi connectivity index (χ1) is 14.3. The molecule has 0 radical (unpaired) electrons. The van der Waals surface area contributed by atoms with Gasteiger partial charge in [0.05, 0.1) is 22.5 Å². The highest BCUT2D eigenvalue weighted by molar-refractivity contribution is 7.93. The van der Waals surface area contributed by atoms with Gasteiger partial charge in [-0.15, -0.1) is 0 Å². The molecular weight excluding hydrogens is 440 g/mol. The van der Waals surface area contributed by atoms with Gasteiger partial charge in [0.1, 0.15) is 5.82 Å². The van der Waals surface area contributed by atoms with Crippen LogP contribution in [0.1, 0.15) is 45.0 Å². The fourth-order valence-corrected chi connectivity index (χ4v) is 6.06. The summed E-state index contributed by atoms with van der Waals surface area (Å²) in [7, 11) is -7.60. The first-order valence-electron chi connectivity index (χ1n) is 10.4. The van der Waals surface area contributed by atoms with Gasteiger partial charge in [0.2, 0.25) is 20.0 Å². The lowest BCUT2D eigenvalue weighted by atomic mass is 9.94. The molecule has 0 amide bonds. The van der Waals surface area contributed by atoms with Crippen molar-refractivity contribution in [3.05, 3.63) is 29.6 Å². The van der Waals surface area contributed by atoms with Gasteiger partial charge in [-0.2, -0.15) is 0 Å². The van der Waals surface area contributed by atoms with Crippen molar-refractivity contribution in [2.24, 2.45) is 11.1 Å². The number of aromatic nitrogens is 2. The van der Waals surface area contributed by atoms with Gasteiger partial charge in [-0.1, -0.05) is 26.8 Å². The van der Waals surface area contributed by atoms with Gasteiger partial charge in [-0.05, 0) is 36.5 Å². The summed E-state index contributed by atoms with van der Waals surface area (Å²) in [5.41, 5.74) is 2.46. The summed E-state index contributed by atoms with van der Waals surface area (Å²) < 4.78 is 56.4. The fraction of sp³-hybridized carbons (Fsp3) is 0.650. The summed E-state index contributed by atoms with van der Waals surface area (Å²) in [6, 6.07) is 5.73. The van der Waals surface area contributed by atoms with E-state index in [0.717, 1.165) is 55.0 Å². The highest BCUT2D eigenvalue weighted by Crippen LogP contribution is 2.29. The molecule has 0 unspecified atom stereocenters. The predicted molar refractivity (Wildman–Crippen MR) is 121 cm³/mol. The van der Waals surface area contributed by atoms with Gasteiger partial charge in [-0.3, -0.25) is 0 Å². The highest BCUT2D eigenvalue weighted by Gasteiger charge is 2.25. The van der Waals surface area contributed by atoms with E-state index in [-0.39, 0.29) is 12.0 Å². The summed E-state index contributed by atoms with van der Waals surface area (Å²) in [6.07, 6.45) is 2.06. The molecule has 174 valence electrons. The van der Waals surface area contributed by atoms with Crippen LogP contribution in [0.5, 0.6) is 0 Å². The van der Waals surface area contributed by atoms with Crippen LogP contribution in [0.25, 0.3) is 11.0 Å². The Hall–Kier alpha value is -1.53. The summed E-state index contributed by atoms with van der Waals surface area (Å²) in [4.78, 5) is 4.88. The van der Waals surface area contributed by atoms with Gasteiger partial charge >= 0.3 is 0 Å². The molecular formula is C20H32N4O5S2. The minimum Gasteiger partial charge on any atom is -0.381 e. The smallest absolute Gasteiger partial charge is 0.212 e. The third-order valence-corrected chi connectivity index (χ3v) is 7.76. The highest BCUT2D eigenvalue weighted by atomic mass is 32.2. The Bertz CT molecular complexity index is 1130. The maximum atomic E-state index is 12.1. The molecule has 0 spiro atoms. The lowest BCUT2D eigenvalue weighted by molar-refractivity contribution is 0.0611. The molecule has 1 aromatic heterocycles. The number of primary sulfonamides is 1. The largest absolute Gasteiger partial charge is 0.381 e. The van der Waals surface area contributed by atoms with Gasteiger partial charge in [-0.25, -0.2) is 31.7 Å². The molecule has 0 aliphatic carbocycles. The van der Waals surface area contributed by atoms with Crippen LogP contribution in [-0.2, 0) is 43.3 Å². The van der Waals surface area contributed by atoms with E-state index in [1.165, 1.54) is 0 Å². The van der Waals surface area contributed by atoms with Crippen molar-refractivity contribution in [1.82, 2.24) is 14.3 Å². The number of nitrogens with two attached hydrogens (primary N) is 1. The SMILES string of the molecule is CC(C)(C)c1nc2cc(CNS(=O)(=O)CCS(N)(=O)=O)ccc2n1CC1CCOCC1. The van der Waals surface area contributed by atoms with Gasteiger partial charge in [0.15, 0.2) is 0 Å². The number of rotatable bonds is 8. The molecule has 31 heavy (non-hydrogen) atoms. The van der Waals surface area contributed by atoms with Crippen molar-refractivity contribution in [1.29, 1.82) is 0 Å². The fourth-order valence-electron chi connectivity index (χ4n) is 3.72. The minimum atomic E-state index is -3.84. The zero-order chi connectivity index (χ0) is 22.9. The Labute approximate surface area is 184 Å². The number of sulfonamides is 2. The monoisotopic (exact) mass is 472 g/mol. The summed E-state index contributed by atoms with van der Waals surface area (Å²) in [5.74, 6) is 0.354. The summed E-state index contributed by atoms with van der Waals surface area (Å²) >= 11 is 0. The van der Waals surface area contributed by atoms with Crippen LogP contribution in [0.2, 0.25) is 0 Å².